The van der Waals surface area contributed by atoms with Crippen LogP contribution in [-0.2, 0) is 30.4 Å². The maximum atomic E-state index is 13.3. The van der Waals surface area contributed by atoms with E-state index in [4.69, 9.17) is 22.3 Å². The molecule has 3 amide bonds. The van der Waals surface area contributed by atoms with Crippen LogP contribution >= 0.6 is 0 Å². The number of aliphatic imine (C=N–C) groups is 1. The molecule has 2 rings (SSSR count). The van der Waals surface area contributed by atoms with Crippen LogP contribution in [0.15, 0.2) is 35.3 Å². The lowest BCUT2D eigenvalue weighted by Gasteiger charge is -2.28. The third kappa shape index (κ3) is 10.2. The minimum atomic E-state index is -1.45. The Kier molecular flexibility index (Phi) is 12.1. The van der Waals surface area contributed by atoms with Crippen LogP contribution in [0.4, 0.5) is 0 Å². The molecule has 14 nitrogen and oxygen atoms in total. The van der Waals surface area contributed by atoms with Crippen molar-refractivity contribution in [2.45, 2.75) is 69.1 Å². The van der Waals surface area contributed by atoms with Gasteiger partial charge in [-0.1, -0.05) is 30.3 Å². The van der Waals surface area contributed by atoms with E-state index in [-0.39, 0.29) is 18.8 Å². The van der Waals surface area contributed by atoms with Crippen LogP contribution < -0.4 is 27.8 Å². The first-order valence-electron chi connectivity index (χ1n) is 12.7. The van der Waals surface area contributed by atoms with E-state index in [1.807, 2.05) is 0 Å². The molecule has 1 fully saturated rings. The Balaban J connectivity index is 2.12. The fourth-order valence-electron chi connectivity index (χ4n) is 4.28. The number of guanidine groups is 1. The largest absolute Gasteiger partial charge is 0.481 e. The third-order valence-corrected chi connectivity index (χ3v) is 6.30. The second kappa shape index (κ2) is 15.3. The third-order valence-electron chi connectivity index (χ3n) is 6.30. The number of carboxylic acids is 2. The van der Waals surface area contributed by atoms with Crippen molar-refractivity contribution in [3.05, 3.63) is 35.9 Å². The molecule has 0 aliphatic carbocycles. The molecular formula is C25H37N7O7. The number of likely N-dealkylation sites (tertiary alicyclic amines) is 1. The fourth-order valence-corrected chi connectivity index (χ4v) is 4.28. The zero-order valence-corrected chi connectivity index (χ0v) is 21.6. The van der Waals surface area contributed by atoms with Gasteiger partial charge in [-0.2, -0.15) is 0 Å². The second-order valence-corrected chi connectivity index (χ2v) is 9.33. The highest BCUT2D eigenvalue weighted by molar-refractivity contribution is 5.94. The van der Waals surface area contributed by atoms with Gasteiger partial charge >= 0.3 is 11.9 Å². The summed E-state index contributed by atoms with van der Waals surface area (Å²) in [5.74, 6) is -4.40. The highest BCUT2D eigenvalue weighted by atomic mass is 16.4. The van der Waals surface area contributed by atoms with Crippen molar-refractivity contribution in [3.8, 4) is 0 Å². The predicted octanol–water partition coefficient (Wildman–Crippen LogP) is -1.48. The minimum absolute atomic E-state index is 0.0503. The van der Waals surface area contributed by atoms with Crippen molar-refractivity contribution in [1.82, 2.24) is 15.5 Å². The number of amides is 3. The summed E-state index contributed by atoms with van der Waals surface area (Å²) in [7, 11) is 0. The topological polar surface area (TPSA) is 244 Å². The molecule has 0 bridgehead atoms. The van der Waals surface area contributed by atoms with Crippen LogP contribution in [0.1, 0.15) is 44.1 Å². The van der Waals surface area contributed by atoms with Crippen molar-refractivity contribution >= 4 is 35.6 Å². The summed E-state index contributed by atoms with van der Waals surface area (Å²) in [5, 5.41) is 23.3. The van der Waals surface area contributed by atoms with Gasteiger partial charge in [0, 0.05) is 25.9 Å². The lowest BCUT2D eigenvalue weighted by Crippen LogP contribution is -2.57. The number of aliphatic carboxylic acids is 2. The van der Waals surface area contributed by atoms with Gasteiger partial charge < -0.3 is 42.9 Å². The summed E-state index contributed by atoms with van der Waals surface area (Å²) in [6.45, 7) is 0.637. The summed E-state index contributed by atoms with van der Waals surface area (Å²) < 4.78 is 0. The number of rotatable bonds is 15. The predicted molar refractivity (Wildman–Crippen MR) is 141 cm³/mol. The smallest absolute Gasteiger partial charge is 0.326 e. The highest BCUT2D eigenvalue weighted by Gasteiger charge is 2.38. The number of carbonyl (C=O) groups is 5. The molecule has 1 aliphatic rings. The van der Waals surface area contributed by atoms with Gasteiger partial charge in [0.25, 0.3) is 0 Å². The van der Waals surface area contributed by atoms with E-state index in [2.05, 4.69) is 15.6 Å². The molecule has 0 aromatic heterocycles. The molecule has 0 spiro atoms. The molecule has 39 heavy (non-hydrogen) atoms. The first-order valence-corrected chi connectivity index (χ1v) is 12.7. The first-order chi connectivity index (χ1) is 18.5. The number of benzene rings is 1. The van der Waals surface area contributed by atoms with Crippen molar-refractivity contribution in [2.24, 2.45) is 22.2 Å². The van der Waals surface area contributed by atoms with Gasteiger partial charge in [0.2, 0.25) is 17.7 Å². The Morgan fingerprint density at radius 3 is 2.33 bits per heavy atom. The molecule has 0 saturated carbocycles. The molecule has 14 heteroatoms. The Hall–Kier alpha value is -4.20. The standard InChI is InChI=1S/C25H37N7O7/c26-16(8-4-12-29-25(27)28)23(37)32-13-5-9-19(32)22(36)31-18(14-15-6-2-1-3-7-15)21(35)30-17(24(38)39)10-11-20(33)34/h1-3,6-7,16-19H,4-5,8-14,26H2,(H,30,35)(H,31,36)(H,33,34)(H,38,39)(H4,27,28,29). The van der Waals surface area contributed by atoms with Crippen LogP contribution in [0.3, 0.4) is 0 Å². The van der Waals surface area contributed by atoms with E-state index >= 15 is 0 Å². The van der Waals surface area contributed by atoms with E-state index in [0.29, 0.717) is 44.3 Å². The number of hydrogen-bond acceptors (Lipinski definition) is 7. The Bertz CT molecular complexity index is 1050. The molecule has 1 heterocycles. The van der Waals surface area contributed by atoms with Gasteiger partial charge in [-0.3, -0.25) is 24.2 Å². The van der Waals surface area contributed by atoms with Crippen molar-refractivity contribution in [1.29, 1.82) is 0 Å². The van der Waals surface area contributed by atoms with E-state index in [9.17, 15) is 29.1 Å². The SMILES string of the molecule is NC(N)=NCCCC(N)C(=O)N1CCCC1C(=O)NC(Cc1ccccc1)C(=O)NC(CCC(=O)O)C(=O)O. The van der Waals surface area contributed by atoms with Gasteiger partial charge in [0.05, 0.1) is 6.04 Å². The molecule has 1 aromatic carbocycles. The summed E-state index contributed by atoms with van der Waals surface area (Å²) in [6, 6.07) is 4.46. The monoisotopic (exact) mass is 547 g/mol. The first kappa shape index (κ1) is 31.0. The van der Waals surface area contributed by atoms with Crippen LogP contribution in [-0.4, -0.2) is 88.0 Å². The maximum absolute atomic E-state index is 13.3. The van der Waals surface area contributed by atoms with Crippen LogP contribution in [0.2, 0.25) is 0 Å². The van der Waals surface area contributed by atoms with Crippen LogP contribution in [0.25, 0.3) is 0 Å². The molecular weight excluding hydrogens is 510 g/mol. The normalized spacial score (nSPS) is 16.9. The Morgan fingerprint density at radius 2 is 1.72 bits per heavy atom. The maximum Gasteiger partial charge on any atom is 0.326 e. The highest BCUT2D eigenvalue weighted by Crippen LogP contribution is 2.20. The van der Waals surface area contributed by atoms with Gasteiger partial charge in [-0.15, -0.1) is 0 Å². The van der Waals surface area contributed by atoms with E-state index in [0.717, 1.165) is 0 Å². The molecule has 4 unspecified atom stereocenters. The zero-order valence-electron chi connectivity index (χ0n) is 21.6. The zero-order chi connectivity index (χ0) is 28.9. The fraction of sp³-hybridized carbons (Fsp3) is 0.520. The Morgan fingerprint density at radius 1 is 1.03 bits per heavy atom. The average molecular weight is 548 g/mol. The van der Waals surface area contributed by atoms with Crippen LogP contribution in [0.5, 0.6) is 0 Å². The van der Waals surface area contributed by atoms with Crippen molar-refractivity contribution in [2.75, 3.05) is 13.1 Å². The lowest BCUT2D eigenvalue weighted by molar-refractivity contribution is -0.144. The van der Waals surface area contributed by atoms with Crippen LogP contribution in [0, 0.1) is 0 Å². The number of nitrogens with zero attached hydrogens (tertiary/aromatic N) is 2. The molecule has 214 valence electrons. The molecule has 1 aromatic rings. The summed E-state index contributed by atoms with van der Waals surface area (Å²) in [5.41, 5.74) is 17.4. The molecule has 10 N–H and O–H groups in total. The minimum Gasteiger partial charge on any atom is -0.481 e. The number of nitrogens with one attached hydrogen (secondary N) is 2. The molecule has 1 aliphatic heterocycles. The van der Waals surface area contributed by atoms with Gasteiger partial charge in [-0.05, 0) is 37.7 Å². The van der Waals surface area contributed by atoms with Gasteiger partial charge in [0.15, 0.2) is 5.96 Å². The lowest BCUT2D eigenvalue weighted by atomic mass is 10.0. The Labute approximate surface area is 226 Å². The van der Waals surface area contributed by atoms with E-state index in [1.54, 1.807) is 30.3 Å². The second-order valence-electron chi connectivity index (χ2n) is 9.33. The summed E-state index contributed by atoms with van der Waals surface area (Å²) >= 11 is 0. The number of carbonyl (C=O) groups excluding carboxylic acids is 3. The van der Waals surface area contributed by atoms with E-state index < -0.39 is 60.2 Å². The molecule has 4 atom stereocenters. The van der Waals surface area contributed by atoms with Crippen molar-refractivity contribution < 1.29 is 34.2 Å². The van der Waals surface area contributed by atoms with Gasteiger partial charge in [0.1, 0.15) is 18.1 Å². The average Bonchev–Trinajstić information content (AvgIpc) is 3.38. The van der Waals surface area contributed by atoms with Crippen molar-refractivity contribution in [3.63, 3.8) is 0 Å². The number of nitrogens with two attached hydrogens (primary N) is 3. The van der Waals surface area contributed by atoms with Gasteiger partial charge in [-0.25, -0.2) is 4.79 Å². The summed E-state index contributed by atoms with van der Waals surface area (Å²) in [6.07, 6.45) is 0.986. The quantitative estimate of drug-likeness (QED) is 0.0762. The number of hydrogen-bond donors (Lipinski definition) is 7. The van der Waals surface area contributed by atoms with E-state index in [1.165, 1.54) is 4.90 Å². The number of carboxylic acid groups (broad SMARTS) is 2. The molecule has 1 saturated heterocycles. The molecule has 0 radical (unpaired) electrons. The summed E-state index contributed by atoms with van der Waals surface area (Å²) in [4.78, 5) is 67.1.